The van der Waals surface area contributed by atoms with Gasteiger partial charge in [0.1, 0.15) is 0 Å². The third-order valence-electron chi connectivity index (χ3n) is 6.97. The van der Waals surface area contributed by atoms with E-state index in [4.69, 9.17) is 0 Å². The largest absolute Gasteiger partial charge is 0.355 e. The second kappa shape index (κ2) is 10.3. The lowest BCUT2D eigenvalue weighted by atomic mass is 9.78. The first-order chi connectivity index (χ1) is 16.0. The van der Waals surface area contributed by atoms with Crippen molar-refractivity contribution >= 4 is 11.8 Å². The predicted octanol–water partition coefficient (Wildman–Crippen LogP) is 4.64. The molecule has 1 aliphatic heterocycles. The SMILES string of the molecule is CC(C)CNC(=O)[C@]1(Cc2ccccc2-c2ccncc2)CCN(C(=O)[C@H]2CC=CCC2)C1. The maximum Gasteiger partial charge on any atom is 0.228 e. The number of nitrogens with zero attached hydrogens (tertiary/aromatic N) is 2. The van der Waals surface area contributed by atoms with Crippen LogP contribution in [0.15, 0.2) is 60.9 Å². The highest BCUT2D eigenvalue weighted by molar-refractivity contribution is 5.87. The van der Waals surface area contributed by atoms with Crippen molar-refractivity contribution in [3.05, 3.63) is 66.5 Å². The van der Waals surface area contributed by atoms with Crippen LogP contribution in [-0.2, 0) is 16.0 Å². The third-order valence-corrected chi connectivity index (χ3v) is 6.97. The average molecular weight is 446 g/mol. The molecule has 2 atom stereocenters. The summed E-state index contributed by atoms with van der Waals surface area (Å²) in [5, 5.41) is 3.19. The number of benzene rings is 1. The fourth-order valence-electron chi connectivity index (χ4n) is 5.08. The zero-order valence-electron chi connectivity index (χ0n) is 19.8. The Kier molecular flexibility index (Phi) is 7.26. The molecule has 1 aliphatic carbocycles. The van der Waals surface area contributed by atoms with Gasteiger partial charge in [-0.05, 0) is 66.8 Å². The first kappa shape index (κ1) is 23.2. The number of rotatable bonds is 7. The van der Waals surface area contributed by atoms with Crippen LogP contribution >= 0.6 is 0 Å². The van der Waals surface area contributed by atoms with E-state index >= 15 is 0 Å². The monoisotopic (exact) mass is 445 g/mol. The second-order valence-corrected chi connectivity index (χ2v) is 9.95. The normalized spacial score (nSPS) is 22.5. The van der Waals surface area contributed by atoms with Gasteiger partial charge in [-0.1, -0.05) is 50.3 Å². The van der Waals surface area contributed by atoms with Crippen molar-refractivity contribution in [3.8, 4) is 11.1 Å². The molecule has 2 aromatic rings. The minimum Gasteiger partial charge on any atom is -0.355 e. The highest BCUT2D eigenvalue weighted by Crippen LogP contribution is 2.38. The van der Waals surface area contributed by atoms with E-state index in [0.717, 1.165) is 36.0 Å². The molecule has 5 nitrogen and oxygen atoms in total. The van der Waals surface area contributed by atoms with Gasteiger partial charge >= 0.3 is 0 Å². The molecule has 0 saturated carbocycles. The van der Waals surface area contributed by atoms with Crippen molar-refractivity contribution in [2.45, 2.75) is 46.0 Å². The molecule has 0 bridgehead atoms. The molecule has 1 saturated heterocycles. The van der Waals surface area contributed by atoms with E-state index in [0.29, 0.717) is 38.4 Å². The molecule has 33 heavy (non-hydrogen) atoms. The Balaban J connectivity index is 1.61. The van der Waals surface area contributed by atoms with Gasteiger partial charge in [0.25, 0.3) is 0 Å². The standard InChI is InChI=1S/C28H35N3O2/c1-21(2)19-30-27(33)28(14-17-31(20-28)26(32)23-8-4-3-5-9-23)18-24-10-6-7-11-25(24)22-12-15-29-16-13-22/h3-4,6-7,10-13,15-16,21,23H,5,8-9,14,17-20H2,1-2H3,(H,30,33)/t23-,28-/m0/s1. The highest BCUT2D eigenvalue weighted by Gasteiger charge is 2.47. The zero-order valence-corrected chi connectivity index (χ0v) is 19.8. The molecule has 4 rings (SSSR count). The van der Waals surface area contributed by atoms with Crippen LogP contribution in [0.2, 0.25) is 0 Å². The zero-order chi connectivity index (χ0) is 23.3. The molecule has 2 amide bonds. The Bertz CT molecular complexity index is 1000. The molecule has 5 heteroatoms. The molecule has 1 aromatic carbocycles. The van der Waals surface area contributed by atoms with Crippen molar-refractivity contribution < 1.29 is 9.59 Å². The number of likely N-dealkylation sites (tertiary alicyclic amines) is 1. The van der Waals surface area contributed by atoms with Gasteiger partial charge in [0, 0.05) is 37.9 Å². The first-order valence-electron chi connectivity index (χ1n) is 12.2. The number of carbonyl (C=O) groups is 2. The molecular formula is C28H35N3O2. The van der Waals surface area contributed by atoms with Crippen LogP contribution in [0, 0.1) is 17.3 Å². The number of aromatic nitrogens is 1. The van der Waals surface area contributed by atoms with E-state index in [2.05, 4.69) is 48.4 Å². The van der Waals surface area contributed by atoms with Crippen molar-refractivity contribution in [2.75, 3.05) is 19.6 Å². The predicted molar refractivity (Wildman–Crippen MR) is 131 cm³/mol. The Labute approximate surface area is 197 Å². The Morgan fingerprint density at radius 2 is 1.94 bits per heavy atom. The van der Waals surface area contributed by atoms with Crippen LogP contribution in [0.4, 0.5) is 0 Å². The summed E-state index contributed by atoms with van der Waals surface area (Å²) in [6, 6.07) is 12.3. The van der Waals surface area contributed by atoms with Crippen molar-refractivity contribution in [1.82, 2.24) is 15.2 Å². The van der Waals surface area contributed by atoms with E-state index in [1.807, 2.05) is 29.2 Å². The maximum absolute atomic E-state index is 13.6. The summed E-state index contributed by atoms with van der Waals surface area (Å²) < 4.78 is 0. The molecule has 2 heterocycles. The minimum absolute atomic E-state index is 0.0497. The van der Waals surface area contributed by atoms with Crippen LogP contribution in [0.5, 0.6) is 0 Å². The number of hydrogen-bond donors (Lipinski definition) is 1. The van der Waals surface area contributed by atoms with Crippen LogP contribution in [0.3, 0.4) is 0 Å². The third kappa shape index (κ3) is 5.35. The van der Waals surface area contributed by atoms with Gasteiger partial charge in [-0.3, -0.25) is 14.6 Å². The quantitative estimate of drug-likeness (QED) is 0.632. The summed E-state index contributed by atoms with van der Waals surface area (Å²) in [6.45, 7) is 5.99. The van der Waals surface area contributed by atoms with Gasteiger partial charge in [0.2, 0.25) is 11.8 Å². The lowest BCUT2D eigenvalue weighted by Crippen LogP contribution is -2.46. The van der Waals surface area contributed by atoms with E-state index in [9.17, 15) is 9.59 Å². The van der Waals surface area contributed by atoms with E-state index in [1.165, 1.54) is 0 Å². The molecule has 174 valence electrons. The number of allylic oxidation sites excluding steroid dienone is 2. The van der Waals surface area contributed by atoms with Crippen LogP contribution in [0.1, 0.15) is 45.1 Å². The van der Waals surface area contributed by atoms with Gasteiger partial charge in [0.15, 0.2) is 0 Å². The molecule has 1 aromatic heterocycles. The summed E-state index contributed by atoms with van der Waals surface area (Å²) in [6.07, 6.45) is 11.9. The molecule has 0 spiro atoms. The number of amides is 2. The van der Waals surface area contributed by atoms with E-state index in [-0.39, 0.29) is 17.7 Å². The summed E-state index contributed by atoms with van der Waals surface area (Å²) in [5.74, 6) is 0.705. The lowest BCUT2D eigenvalue weighted by Gasteiger charge is -2.31. The van der Waals surface area contributed by atoms with E-state index < -0.39 is 5.41 Å². The molecule has 2 aliphatic rings. The molecule has 1 N–H and O–H groups in total. The Morgan fingerprint density at radius 1 is 1.15 bits per heavy atom. The fourth-order valence-corrected chi connectivity index (χ4v) is 5.08. The summed E-state index contributed by atoms with van der Waals surface area (Å²) >= 11 is 0. The first-order valence-corrected chi connectivity index (χ1v) is 12.2. The van der Waals surface area contributed by atoms with Crippen LogP contribution in [-0.4, -0.2) is 41.3 Å². The van der Waals surface area contributed by atoms with E-state index in [1.54, 1.807) is 12.4 Å². The molecule has 0 unspecified atom stereocenters. The number of nitrogens with one attached hydrogen (secondary N) is 1. The van der Waals surface area contributed by atoms with Crippen molar-refractivity contribution in [1.29, 1.82) is 0 Å². The smallest absolute Gasteiger partial charge is 0.228 e. The van der Waals surface area contributed by atoms with Crippen molar-refractivity contribution in [3.63, 3.8) is 0 Å². The Hall–Kier alpha value is -2.95. The number of hydrogen-bond acceptors (Lipinski definition) is 3. The maximum atomic E-state index is 13.6. The van der Waals surface area contributed by atoms with Crippen LogP contribution < -0.4 is 5.32 Å². The number of pyridine rings is 1. The summed E-state index contributed by atoms with van der Waals surface area (Å²) in [4.78, 5) is 33.0. The second-order valence-electron chi connectivity index (χ2n) is 9.95. The lowest BCUT2D eigenvalue weighted by molar-refractivity contribution is -0.136. The average Bonchev–Trinajstić information content (AvgIpc) is 3.28. The van der Waals surface area contributed by atoms with Crippen molar-refractivity contribution in [2.24, 2.45) is 17.3 Å². The molecule has 0 radical (unpaired) electrons. The minimum atomic E-state index is -0.613. The molecule has 1 fully saturated rings. The van der Waals surface area contributed by atoms with Gasteiger partial charge in [0.05, 0.1) is 5.41 Å². The summed E-state index contributed by atoms with van der Waals surface area (Å²) in [7, 11) is 0. The fraction of sp³-hybridized carbons (Fsp3) is 0.464. The van der Waals surface area contributed by atoms with Gasteiger partial charge in [-0.15, -0.1) is 0 Å². The topological polar surface area (TPSA) is 62.3 Å². The summed E-state index contributed by atoms with van der Waals surface area (Å²) in [5.41, 5.74) is 2.74. The number of carbonyl (C=O) groups excluding carboxylic acids is 2. The van der Waals surface area contributed by atoms with Gasteiger partial charge in [-0.2, -0.15) is 0 Å². The van der Waals surface area contributed by atoms with Gasteiger partial charge in [-0.25, -0.2) is 0 Å². The Morgan fingerprint density at radius 3 is 2.67 bits per heavy atom. The molecular weight excluding hydrogens is 410 g/mol. The highest BCUT2D eigenvalue weighted by atomic mass is 16.2. The van der Waals surface area contributed by atoms with Gasteiger partial charge < -0.3 is 10.2 Å². The van der Waals surface area contributed by atoms with Crippen LogP contribution in [0.25, 0.3) is 11.1 Å².